The molecule has 1 saturated carbocycles. The lowest BCUT2D eigenvalue weighted by molar-refractivity contribution is -0.131. The Hall–Kier alpha value is -0.570. The second-order valence-corrected chi connectivity index (χ2v) is 5.27. The molecule has 0 aromatic rings. The molecule has 2 N–H and O–H groups in total. The molecule has 1 atom stereocenters. The van der Waals surface area contributed by atoms with Gasteiger partial charge in [-0.2, -0.15) is 0 Å². The van der Waals surface area contributed by atoms with Crippen molar-refractivity contribution < 1.29 is 4.79 Å². The summed E-state index contributed by atoms with van der Waals surface area (Å²) in [5.41, 5.74) is 5.58. The van der Waals surface area contributed by atoms with E-state index < -0.39 is 0 Å². The molecule has 17 heavy (non-hydrogen) atoms. The van der Waals surface area contributed by atoms with Gasteiger partial charge in [0.05, 0.1) is 0 Å². The zero-order valence-electron chi connectivity index (χ0n) is 11.5. The van der Waals surface area contributed by atoms with Crippen LogP contribution in [0.4, 0.5) is 0 Å². The van der Waals surface area contributed by atoms with Crippen molar-refractivity contribution in [3.8, 4) is 0 Å². The van der Waals surface area contributed by atoms with E-state index in [0.29, 0.717) is 18.2 Å². The second kappa shape index (κ2) is 7.70. The average molecular weight is 240 g/mol. The van der Waals surface area contributed by atoms with E-state index >= 15 is 0 Å². The fourth-order valence-electron chi connectivity index (χ4n) is 2.29. The largest absolute Gasteiger partial charge is 0.343 e. The monoisotopic (exact) mass is 240 g/mol. The van der Waals surface area contributed by atoms with E-state index in [2.05, 4.69) is 13.8 Å². The third-order valence-electron chi connectivity index (χ3n) is 3.83. The smallest absolute Gasteiger partial charge is 0.222 e. The number of rotatable bonds is 9. The lowest BCUT2D eigenvalue weighted by Gasteiger charge is -2.22. The standard InChI is InChI=1S/C14H28N2O/c1-3-12(9-10-15)7-8-14(17)16(4-2)11-13-5-6-13/h12-13H,3-11,15H2,1-2H3. The molecule has 100 valence electrons. The molecule has 1 aliphatic carbocycles. The summed E-state index contributed by atoms with van der Waals surface area (Å²) in [6.07, 6.45) is 6.54. The highest BCUT2D eigenvalue weighted by Gasteiger charge is 2.25. The number of carbonyl (C=O) groups excluding carboxylic acids is 1. The highest BCUT2D eigenvalue weighted by atomic mass is 16.2. The first-order valence-corrected chi connectivity index (χ1v) is 7.19. The summed E-state index contributed by atoms with van der Waals surface area (Å²) in [6.45, 7) is 6.86. The molecule has 1 rings (SSSR count). The SMILES string of the molecule is CCC(CCN)CCC(=O)N(CC)CC1CC1. The molecular weight excluding hydrogens is 212 g/mol. The minimum Gasteiger partial charge on any atom is -0.343 e. The Morgan fingerprint density at radius 2 is 2.06 bits per heavy atom. The van der Waals surface area contributed by atoms with Gasteiger partial charge in [0.2, 0.25) is 5.91 Å². The van der Waals surface area contributed by atoms with Gasteiger partial charge >= 0.3 is 0 Å². The third-order valence-corrected chi connectivity index (χ3v) is 3.83. The Morgan fingerprint density at radius 3 is 2.53 bits per heavy atom. The number of nitrogens with two attached hydrogens (primary N) is 1. The topological polar surface area (TPSA) is 46.3 Å². The molecule has 3 nitrogen and oxygen atoms in total. The fourth-order valence-corrected chi connectivity index (χ4v) is 2.29. The van der Waals surface area contributed by atoms with Crippen molar-refractivity contribution in [2.24, 2.45) is 17.6 Å². The zero-order valence-corrected chi connectivity index (χ0v) is 11.5. The van der Waals surface area contributed by atoms with Gasteiger partial charge in [-0.1, -0.05) is 13.3 Å². The van der Waals surface area contributed by atoms with E-state index in [1.165, 1.54) is 12.8 Å². The van der Waals surface area contributed by atoms with E-state index in [1.807, 2.05) is 4.90 Å². The van der Waals surface area contributed by atoms with Crippen LogP contribution in [0, 0.1) is 11.8 Å². The molecule has 0 spiro atoms. The first-order chi connectivity index (χ1) is 8.21. The van der Waals surface area contributed by atoms with Crippen molar-refractivity contribution >= 4 is 5.91 Å². The third kappa shape index (κ3) is 5.53. The molecule has 0 aromatic carbocycles. The first kappa shape index (κ1) is 14.5. The summed E-state index contributed by atoms with van der Waals surface area (Å²) in [6, 6.07) is 0. The van der Waals surface area contributed by atoms with Gasteiger partial charge in [-0.15, -0.1) is 0 Å². The fraction of sp³-hybridized carbons (Fsp3) is 0.929. The highest BCUT2D eigenvalue weighted by molar-refractivity contribution is 5.76. The van der Waals surface area contributed by atoms with Crippen LogP contribution in [0.1, 0.15) is 52.4 Å². The molecule has 0 radical (unpaired) electrons. The summed E-state index contributed by atoms with van der Waals surface area (Å²) in [5, 5.41) is 0. The van der Waals surface area contributed by atoms with Crippen molar-refractivity contribution in [1.29, 1.82) is 0 Å². The minimum absolute atomic E-state index is 0.342. The first-order valence-electron chi connectivity index (χ1n) is 7.19. The molecule has 0 heterocycles. The van der Waals surface area contributed by atoms with Crippen molar-refractivity contribution in [2.75, 3.05) is 19.6 Å². The van der Waals surface area contributed by atoms with Crippen LogP contribution < -0.4 is 5.73 Å². The number of hydrogen-bond donors (Lipinski definition) is 1. The quantitative estimate of drug-likeness (QED) is 0.672. The Morgan fingerprint density at radius 1 is 1.35 bits per heavy atom. The Kier molecular flexibility index (Phi) is 6.56. The summed E-state index contributed by atoms with van der Waals surface area (Å²) in [5.74, 6) is 1.77. The summed E-state index contributed by atoms with van der Waals surface area (Å²) < 4.78 is 0. The van der Waals surface area contributed by atoms with Crippen LogP contribution in [0.3, 0.4) is 0 Å². The molecule has 0 saturated heterocycles. The van der Waals surface area contributed by atoms with Crippen molar-refractivity contribution in [3.05, 3.63) is 0 Å². The van der Waals surface area contributed by atoms with E-state index in [0.717, 1.165) is 44.8 Å². The van der Waals surface area contributed by atoms with Crippen LogP contribution in [0.2, 0.25) is 0 Å². The van der Waals surface area contributed by atoms with Crippen LogP contribution in [0.5, 0.6) is 0 Å². The molecular formula is C14H28N2O. The maximum absolute atomic E-state index is 12.1. The van der Waals surface area contributed by atoms with Gasteiger partial charge in [-0.25, -0.2) is 0 Å². The van der Waals surface area contributed by atoms with E-state index in [-0.39, 0.29) is 0 Å². The van der Waals surface area contributed by atoms with E-state index in [9.17, 15) is 4.79 Å². The van der Waals surface area contributed by atoms with Gasteiger partial charge < -0.3 is 10.6 Å². The number of amides is 1. The summed E-state index contributed by atoms with van der Waals surface area (Å²) >= 11 is 0. The normalized spacial score (nSPS) is 16.9. The van der Waals surface area contributed by atoms with Gasteiger partial charge in [-0.3, -0.25) is 4.79 Å². The second-order valence-electron chi connectivity index (χ2n) is 5.27. The average Bonchev–Trinajstić information content (AvgIpc) is 3.14. The maximum atomic E-state index is 12.1. The molecule has 1 aliphatic rings. The summed E-state index contributed by atoms with van der Waals surface area (Å²) in [7, 11) is 0. The van der Waals surface area contributed by atoms with Crippen LogP contribution in [-0.2, 0) is 4.79 Å². The van der Waals surface area contributed by atoms with Crippen LogP contribution in [0.15, 0.2) is 0 Å². The van der Waals surface area contributed by atoms with E-state index in [1.54, 1.807) is 0 Å². The van der Waals surface area contributed by atoms with Crippen molar-refractivity contribution in [3.63, 3.8) is 0 Å². The zero-order chi connectivity index (χ0) is 12.7. The van der Waals surface area contributed by atoms with Gasteiger partial charge in [0, 0.05) is 19.5 Å². The Balaban J connectivity index is 2.24. The van der Waals surface area contributed by atoms with Gasteiger partial charge in [-0.05, 0) is 51.0 Å². The molecule has 0 aromatic heterocycles. The molecule has 1 fully saturated rings. The van der Waals surface area contributed by atoms with Crippen LogP contribution >= 0.6 is 0 Å². The number of hydrogen-bond acceptors (Lipinski definition) is 2. The number of carbonyl (C=O) groups is 1. The number of nitrogens with zero attached hydrogens (tertiary/aromatic N) is 1. The lowest BCUT2D eigenvalue weighted by atomic mass is 9.96. The lowest BCUT2D eigenvalue weighted by Crippen LogP contribution is -2.32. The predicted octanol–water partition coefficient (Wildman–Crippen LogP) is 2.40. The minimum atomic E-state index is 0.342. The van der Waals surface area contributed by atoms with Crippen molar-refractivity contribution in [1.82, 2.24) is 4.90 Å². The molecule has 1 amide bonds. The van der Waals surface area contributed by atoms with Crippen LogP contribution in [0.25, 0.3) is 0 Å². The molecule has 0 aliphatic heterocycles. The van der Waals surface area contributed by atoms with Gasteiger partial charge in [0.1, 0.15) is 0 Å². The molecule has 3 heteroatoms. The molecule has 0 bridgehead atoms. The maximum Gasteiger partial charge on any atom is 0.222 e. The van der Waals surface area contributed by atoms with Gasteiger partial charge in [0.15, 0.2) is 0 Å². The van der Waals surface area contributed by atoms with Crippen LogP contribution in [-0.4, -0.2) is 30.4 Å². The molecule has 1 unspecified atom stereocenters. The Labute approximate surface area is 106 Å². The van der Waals surface area contributed by atoms with Crippen molar-refractivity contribution in [2.45, 2.75) is 52.4 Å². The predicted molar refractivity (Wildman–Crippen MR) is 71.7 cm³/mol. The summed E-state index contributed by atoms with van der Waals surface area (Å²) in [4.78, 5) is 14.1. The van der Waals surface area contributed by atoms with Gasteiger partial charge in [0.25, 0.3) is 0 Å². The highest BCUT2D eigenvalue weighted by Crippen LogP contribution is 2.30. The van der Waals surface area contributed by atoms with E-state index in [4.69, 9.17) is 5.73 Å². The Bertz CT molecular complexity index is 226.